The van der Waals surface area contributed by atoms with E-state index < -0.39 is 7.12 Å². The van der Waals surface area contributed by atoms with E-state index >= 15 is 0 Å². The lowest BCUT2D eigenvalue weighted by Crippen LogP contribution is -2.29. The number of pyridine rings is 2. The molecule has 0 aliphatic carbocycles. The average Bonchev–Trinajstić information content (AvgIpc) is 3.35. The maximum absolute atomic E-state index is 9.89. The lowest BCUT2D eigenvalue weighted by atomic mass is 9.80. The molecule has 0 amide bonds. The van der Waals surface area contributed by atoms with Crippen LogP contribution in [0, 0.1) is 0 Å². The molecule has 0 aliphatic rings. The largest absolute Gasteiger partial charge is 0.488 e. The summed E-state index contributed by atoms with van der Waals surface area (Å²) in [5.74, 6) is 0. The average molecular weight is 517 g/mol. The number of para-hydroxylation sites is 1. The van der Waals surface area contributed by atoms with Crippen molar-refractivity contribution in [2.75, 3.05) is 0 Å². The third-order valence-electron chi connectivity index (χ3n) is 7.29. The second-order valence-electron chi connectivity index (χ2n) is 9.78. The standard InChI is InChI=1S/C34H24BN3O2/c39-35(40)27-14-15-30-29-10-1-2-13-33(29)38(34(30)22-27)28-9-7-8-23(21-28)24-18-25(31-11-3-5-16-36-31)20-26(19-24)32-12-4-6-17-37-32/h1-22,39-40H. The highest BCUT2D eigenvalue weighted by Crippen LogP contribution is 2.35. The van der Waals surface area contributed by atoms with Gasteiger partial charge in [-0.1, -0.05) is 54.6 Å². The summed E-state index contributed by atoms with van der Waals surface area (Å²) in [4.78, 5) is 9.20. The molecule has 7 aromatic rings. The Kier molecular flexibility index (Phi) is 5.97. The van der Waals surface area contributed by atoms with Crippen molar-refractivity contribution in [3.8, 4) is 39.3 Å². The van der Waals surface area contributed by atoms with Crippen molar-refractivity contribution in [3.05, 3.63) is 134 Å². The molecule has 0 atom stereocenters. The van der Waals surface area contributed by atoms with E-state index in [0.29, 0.717) is 5.46 Å². The first-order valence-electron chi connectivity index (χ1n) is 13.1. The number of nitrogens with zero attached hydrogens (tertiary/aromatic N) is 3. The normalized spacial score (nSPS) is 11.2. The quantitative estimate of drug-likeness (QED) is 0.265. The molecule has 5 nitrogen and oxygen atoms in total. The first kappa shape index (κ1) is 24.0. The summed E-state index contributed by atoms with van der Waals surface area (Å²) in [6, 6.07) is 40.6. The molecule has 190 valence electrons. The van der Waals surface area contributed by atoms with E-state index in [2.05, 4.69) is 69.1 Å². The minimum atomic E-state index is -1.54. The van der Waals surface area contributed by atoms with Crippen LogP contribution in [0.1, 0.15) is 0 Å². The molecule has 0 unspecified atom stereocenters. The molecule has 40 heavy (non-hydrogen) atoms. The fraction of sp³-hybridized carbons (Fsp3) is 0. The van der Waals surface area contributed by atoms with Gasteiger partial charge in [-0.15, -0.1) is 0 Å². The van der Waals surface area contributed by atoms with Crippen LogP contribution in [-0.4, -0.2) is 31.7 Å². The topological polar surface area (TPSA) is 71.2 Å². The van der Waals surface area contributed by atoms with E-state index in [1.165, 1.54) is 0 Å². The molecule has 3 aromatic heterocycles. The molecule has 3 heterocycles. The van der Waals surface area contributed by atoms with E-state index in [0.717, 1.165) is 61.1 Å². The number of hydrogen-bond acceptors (Lipinski definition) is 4. The monoisotopic (exact) mass is 517 g/mol. The van der Waals surface area contributed by atoms with Crippen LogP contribution in [0.25, 0.3) is 61.1 Å². The Morgan fingerprint density at radius 3 is 1.82 bits per heavy atom. The van der Waals surface area contributed by atoms with Crippen LogP contribution < -0.4 is 5.46 Å². The van der Waals surface area contributed by atoms with Crippen molar-refractivity contribution < 1.29 is 10.0 Å². The van der Waals surface area contributed by atoms with Crippen molar-refractivity contribution >= 4 is 34.4 Å². The Morgan fingerprint density at radius 2 is 1.15 bits per heavy atom. The smallest absolute Gasteiger partial charge is 0.423 e. The van der Waals surface area contributed by atoms with Crippen LogP contribution in [0.3, 0.4) is 0 Å². The van der Waals surface area contributed by atoms with Gasteiger partial charge in [0.25, 0.3) is 0 Å². The summed E-state index contributed by atoms with van der Waals surface area (Å²) >= 11 is 0. The molecular weight excluding hydrogens is 493 g/mol. The fourth-order valence-corrected chi connectivity index (χ4v) is 5.41. The second kappa shape index (κ2) is 9.93. The van der Waals surface area contributed by atoms with Crippen LogP contribution in [0.5, 0.6) is 0 Å². The number of rotatable bonds is 5. The Hall–Kier alpha value is -5.04. The molecule has 0 radical (unpaired) electrons. The number of hydrogen-bond donors (Lipinski definition) is 2. The van der Waals surface area contributed by atoms with Gasteiger partial charge in [0.05, 0.1) is 22.4 Å². The second-order valence-corrected chi connectivity index (χ2v) is 9.78. The predicted octanol–water partition coefficient (Wildman–Crippen LogP) is 6.25. The third-order valence-corrected chi connectivity index (χ3v) is 7.29. The Bertz CT molecular complexity index is 1930. The van der Waals surface area contributed by atoms with Gasteiger partial charge in [-0.3, -0.25) is 9.97 Å². The van der Waals surface area contributed by atoms with Crippen LogP contribution in [0.4, 0.5) is 0 Å². The van der Waals surface area contributed by atoms with Gasteiger partial charge >= 0.3 is 7.12 Å². The van der Waals surface area contributed by atoms with Crippen molar-refractivity contribution in [3.63, 3.8) is 0 Å². The lowest BCUT2D eigenvalue weighted by molar-refractivity contribution is 0.426. The molecule has 7 rings (SSSR count). The molecule has 6 heteroatoms. The van der Waals surface area contributed by atoms with E-state index in [1.807, 2.05) is 73.1 Å². The van der Waals surface area contributed by atoms with Crippen molar-refractivity contribution in [1.29, 1.82) is 0 Å². The molecule has 4 aromatic carbocycles. The van der Waals surface area contributed by atoms with Gasteiger partial charge in [-0.2, -0.15) is 0 Å². The summed E-state index contributed by atoms with van der Waals surface area (Å²) in [5.41, 5.74) is 9.34. The van der Waals surface area contributed by atoms with Gasteiger partial charge in [0.1, 0.15) is 0 Å². The summed E-state index contributed by atoms with van der Waals surface area (Å²) in [7, 11) is -1.54. The Labute approximate surface area is 231 Å². The van der Waals surface area contributed by atoms with Crippen LogP contribution in [0.15, 0.2) is 134 Å². The first-order chi connectivity index (χ1) is 19.7. The van der Waals surface area contributed by atoms with Gasteiger partial charge in [0.2, 0.25) is 0 Å². The van der Waals surface area contributed by atoms with Gasteiger partial charge in [0, 0.05) is 40.0 Å². The zero-order valence-corrected chi connectivity index (χ0v) is 21.5. The zero-order valence-electron chi connectivity index (χ0n) is 21.5. The Morgan fingerprint density at radius 1 is 0.500 bits per heavy atom. The van der Waals surface area contributed by atoms with E-state index in [4.69, 9.17) is 0 Å². The van der Waals surface area contributed by atoms with Crippen LogP contribution in [0.2, 0.25) is 0 Å². The number of benzene rings is 4. The first-order valence-corrected chi connectivity index (χ1v) is 13.1. The summed E-state index contributed by atoms with van der Waals surface area (Å²) < 4.78 is 2.18. The molecule has 0 spiro atoms. The van der Waals surface area contributed by atoms with Crippen molar-refractivity contribution in [2.24, 2.45) is 0 Å². The minimum absolute atomic E-state index is 0.454. The van der Waals surface area contributed by atoms with Crippen LogP contribution >= 0.6 is 0 Å². The summed E-state index contributed by atoms with van der Waals surface area (Å²) in [5, 5.41) is 21.9. The van der Waals surface area contributed by atoms with Crippen LogP contribution in [-0.2, 0) is 0 Å². The Balaban J connectivity index is 1.44. The van der Waals surface area contributed by atoms with Crippen molar-refractivity contribution in [1.82, 2.24) is 14.5 Å². The third kappa shape index (κ3) is 4.26. The summed E-state index contributed by atoms with van der Waals surface area (Å²) in [6.07, 6.45) is 3.62. The fourth-order valence-electron chi connectivity index (χ4n) is 5.41. The van der Waals surface area contributed by atoms with E-state index in [-0.39, 0.29) is 0 Å². The zero-order chi connectivity index (χ0) is 27.1. The molecule has 0 aliphatic heterocycles. The number of aromatic nitrogens is 3. The van der Waals surface area contributed by atoms with Gasteiger partial charge in [0.15, 0.2) is 0 Å². The van der Waals surface area contributed by atoms with E-state index in [1.54, 1.807) is 6.07 Å². The highest BCUT2D eigenvalue weighted by Gasteiger charge is 2.17. The van der Waals surface area contributed by atoms with Gasteiger partial charge < -0.3 is 14.6 Å². The molecular formula is C34H24BN3O2. The molecule has 0 bridgehead atoms. The predicted molar refractivity (Wildman–Crippen MR) is 163 cm³/mol. The molecule has 0 saturated carbocycles. The molecule has 2 N–H and O–H groups in total. The molecule has 0 fully saturated rings. The maximum Gasteiger partial charge on any atom is 0.488 e. The lowest BCUT2D eigenvalue weighted by Gasteiger charge is -2.13. The highest BCUT2D eigenvalue weighted by molar-refractivity contribution is 6.59. The van der Waals surface area contributed by atoms with Gasteiger partial charge in [-0.05, 0) is 83.3 Å². The SMILES string of the molecule is OB(O)c1ccc2c3ccccc3n(-c3cccc(-c4cc(-c5ccccn5)cc(-c5ccccn5)c4)c3)c2c1. The maximum atomic E-state index is 9.89. The van der Waals surface area contributed by atoms with Crippen molar-refractivity contribution in [2.45, 2.75) is 0 Å². The van der Waals surface area contributed by atoms with E-state index in [9.17, 15) is 10.0 Å². The molecule has 0 saturated heterocycles. The van der Waals surface area contributed by atoms with Gasteiger partial charge in [-0.25, -0.2) is 0 Å². The number of fused-ring (bicyclic) bond motifs is 3. The summed E-state index contributed by atoms with van der Waals surface area (Å²) in [6.45, 7) is 0. The minimum Gasteiger partial charge on any atom is -0.423 e. The highest BCUT2D eigenvalue weighted by atomic mass is 16.4.